The molecule has 2 heterocycles. The SMILES string of the molecule is O=C(CCCc1ccccc1)c1c(O)c2cccnc2n(-c2ccccc2)c1=O. The van der Waals surface area contributed by atoms with E-state index in [1.165, 1.54) is 4.57 Å². The predicted octanol–water partition coefficient (Wildman–Crippen LogP) is 4.30. The van der Waals surface area contributed by atoms with Gasteiger partial charge in [0.15, 0.2) is 11.4 Å². The summed E-state index contributed by atoms with van der Waals surface area (Å²) in [6.07, 6.45) is 3.06. The van der Waals surface area contributed by atoms with E-state index in [1.54, 1.807) is 30.5 Å². The third-order valence-corrected chi connectivity index (χ3v) is 4.91. The Bertz CT molecular complexity index is 1220. The number of benzene rings is 2. The number of aromatic hydroxyl groups is 1. The number of aromatic nitrogens is 2. The van der Waals surface area contributed by atoms with E-state index in [9.17, 15) is 14.7 Å². The van der Waals surface area contributed by atoms with Crippen molar-refractivity contribution in [1.29, 1.82) is 0 Å². The van der Waals surface area contributed by atoms with Crippen LogP contribution in [0.15, 0.2) is 83.8 Å². The van der Waals surface area contributed by atoms with Crippen molar-refractivity contribution in [3.63, 3.8) is 0 Å². The maximum Gasteiger partial charge on any atom is 0.271 e. The molecule has 0 bridgehead atoms. The van der Waals surface area contributed by atoms with Crippen LogP contribution < -0.4 is 5.56 Å². The van der Waals surface area contributed by atoms with Gasteiger partial charge in [-0.15, -0.1) is 0 Å². The highest BCUT2D eigenvalue weighted by atomic mass is 16.3. The number of carbonyl (C=O) groups is 1. The summed E-state index contributed by atoms with van der Waals surface area (Å²) in [6, 6.07) is 22.2. The first-order valence-corrected chi connectivity index (χ1v) is 9.52. The molecule has 1 N–H and O–H groups in total. The average Bonchev–Trinajstić information content (AvgIpc) is 2.75. The number of carbonyl (C=O) groups excluding carboxylic acids is 1. The van der Waals surface area contributed by atoms with Crippen LogP contribution >= 0.6 is 0 Å². The molecule has 5 nitrogen and oxygen atoms in total. The lowest BCUT2D eigenvalue weighted by atomic mass is 10.0. The van der Waals surface area contributed by atoms with E-state index >= 15 is 0 Å². The predicted molar refractivity (Wildman–Crippen MR) is 113 cm³/mol. The smallest absolute Gasteiger partial charge is 0.271 e. The lowest BCUT2D eigenvalue weighted by molar-refractivity contribution is 0.0976. The molecule has 0 unspecified atom stereocenters. The van der Waals surface area contributed by atoms with Gasteiger partial charge in [0.2, 0.25) is 0 Å². The highest BCUT2D eigenvalue weighted by Crippen LogP contribution is 2.27. The average molecular weight is 384 g/mol. The van der Waals surface area contributed by atoms with Crippen LogP contribution in [0.4, 0.5) is 0 Å². The van der Waals surface area contributed by atoms with Crippen molar-refractivity contribution >= 4 is 16.8 Å². The number of Topliss-reactive ketones (excluding diaryl/α,β-unsaturated/α-hetero) is 1. The monoisotopic (exact) mass is 384 g/mol. The molecule has 0 atom stereocenters. The molecule has 0 aliphatic rings. The van der Waals surface area contributed by atoms with E-state index in [2.05, 4.69) is 4.98 Å². The first-order valence-electron chi connectivity index (χ1n) is 9.52. The Hall–Kier alpha value is -3.73. The molecule has 0 amide bonds. The van der Waals surface area contributed by atoms with Gasteiger partial charge in [-0.1, -0.05) is 48.5 Å². The van der Waals surface area contributed by atoms with E-state index < -0.39 is 5.56 Å². The van der Waals surface area contributed by atoms with Gasteiger partial charge in [-0.2, -0.15) is 0 Å². The Labute approximate surface area is 167 Å². The number of nitrogens with zero attached hydrogens (tertiary/aromatic N) is 2. The molecule has 4 aromatic rings. The van der Waals surface area contributed by atoms with Gasteiger partial charge in [-0.05, 0) is 42.7 Å². The first-order chi connectivity index (χ1) is 14.2. The standard InChI is InChI=1S/C24H20N2O3/c27-20(15-7-11-17-9-3-1-4-10-17)21-22(28)19-14-8-16-25-23(19)26(24(21)29)18-12-5-2-6-13-18/h1-6,8-10,12-14,16,28H,7,11,15H2. The van der Waals surface area contributed by atoms with Crippen LogP contribution in [-0.2, 0) is 6.42 Å². The molecule has 144 valence electrons. The summed E-state index contributed by atoms with van der Waals surface area (Å²) in [5.74, 6) is -0.658. The normalized spacial score (nSPS) is 10.9. The molecule has 4 rings (SSSR count). The van der Waals surface area contributed by atoms with Gasteiger partial charge in [-0.25, -0.2) is 4.98 Å². The minimum absolute atomic E-state index is 0.178. The Kier molecular flexibility index (Phi) is 5.20. The maximum atomic E-state index is 13.2. The van der Waals surface area contributed by atoms with Gasteiger partial charge in [-0.3, -0.25) is 14.2 Å². The highest BCUT2D eigenvalue weighted by Gasteiger charge is 2.23. The summed E-state index contributed by atoms with van der Waals surface area (Å²) < 4.78 is 1.39. The molecule has 0 aliphatic heterocycles. The topological polar surface area (TPSA) is 72.2 Å². The van der Waals surface area contributed by atoms with Crippen LogP contribution in [0.5, 0.6) is 5.75 Å². The van der Waals surface area contributed by atoms with Crippen molar-refractivity contribution < 1.29 is 9.90 Å². The molecule has 29 heavy (non-hydrogen) atoms. The molecule has 0 radical (unpaired) electrons. The van der Waals surface area contributed by atoms with E-state index in [0.29, 0.717) is 23.1 Å². The van der Waals surface area contributed by atoms with E-state index in [0.717, 1.165) is 12.0 Å². The largest absolute Gasteiger partial charge is 0.506 e. The molecule has 0 saturated heterocycles. The van der Waals surface area contributed by atoms with Gasteiger partial charge in [0.1, 0.15) is 11.3 Å². The second-order valence-corrected chi connectivity index (χ2v) is 6.84. The fourth-order valence-corrected chi connectivity index (χ4v) is 3.49. The van der Waals surface area contributed by atoms with Crippen molar-refractivity contribution in [3.8, 4) is 11.4 Å². The second-order valence-electron chi connectivity index (χ2n) is 6.84. The number of fused-ring (bicyclic) bond motifs is 1. The van der Waals surface area contributed by atoms with Crippen LogP contribution in [-0.4, -0.2) is 20.4 Å². The Morgan fingerprint density at radius 3 is 2.34 bits per heavy atom. The summed E-state index contributed by atoms with van der Waals surface area (Å²) >= 11 is 0. The van der Waals surface area contributed by atoms with Gasteiger partial charge in [0.25, 0.3) is 5.56 Å². The zero-order valence-corrected chi connectivity index (χ0v) is 15.8. The van der Waals surface area contributed by atoms with E-state index in [-0.39, 0.29) is 23.5 Å². The molecular formula is C24H20N2O3. The Morgan fingerprint density at radius 2 is 1.62 bits per heavy atom. The van der Waals surface area contributed by atoms with E-state index in [1.807, 2.05) is 48.5 Å². The Morgan fingerprint density at radius 1 is 0.931 bits per heavy atom. The summed E-state index contributed by atoms with van der Waals surface area (Å²) in [4.78, 5) is 30.4. The number of ketones is 1. The lowest BCUT2D eigenvalue weighted by Crippen LogP contribution is -2.26. The lowest BCUT2D eigenvalue weighted by Gasteiger charge is -2.13. The summed E-state index contributed by atoms with van der Waals surface area (Å²) in [6.45, 7) is 0. The number of pyridine rings is 2. The minimum atomic E-state index is -0.551. The highest BCUT2D eigenvalue weighted by molar-refractivity contribution is 6.03. The zero-order chi connectivity index (χ0) is 20.2. The van der Waals surface area contributed by atoms with Crippen LogP contribution in [0.3, 0.4) is 0 Å². The molecule has 0 aliphatic carbocycles. The molecule has 2 aromatic heterocycles. The van der Waals surface area contributed by atoms with Crippen molar-refractivity contribution in [2.24, 2.45) is 0 Å². The Balaban J connectivity index is 1.74. The second kappa shape index (κ2) is 8.10. The third-order valence-electron chi connectivity index (χ3n) is 4.91. The number of para-hydroxylation sites is 1. The van der Waals surface area contributed by atoms with Gasteiger partial charge < -0.3 is 5.11 Å². The summed E-state index contributed by atoms with van der Waals surface area (Å²) in [7, 11) is 0. The van der Waals surface area contributed by atoms with Crippen LogP contribution in [0.2, 0.25) is 0 Å². The van der Waals surface area contributed by atoms with Gasteiger partial charge >= 0.3 is 0 Å². The first kappa shape index (κ1) is 18.6. The molecule has 0 spiro atoms. The van der Waals surface area contributed by atoms with Gasteiger partial charge in [0.05, 0.1) is 11.1 Å². The third kappa shape index (κ3) is 3.67. The number of aryl methyl sites for hydroxylation is 1. The van der Waals surface area contributed by atoms with Crippen molar-refractivity contribution in [1.82, 2.24) is 9.55 Å². The van der Waals surface area contributed by atoms with Crippen LogP contribution in [0, 0.1) is 0 Å². The number of hydrogen-bond donors (Lipinski definition) is 1. The van der Waals surface area contributed by atoms with Crippen molar-refractivity contribution in [2.75, 3.05) is 0 Å². The van der Waals surface area contributed by atoms with E-state index in [4.69, 9.17) is 0 Å². The molecule has 5 heteroatoms. The number of rotatable bonds is 6. The van der Waals surface area contributed by atoms with Gasteiger partial charge in [0, 0.05) is 12.6 Å². The van der Waals surface area contributed by atoms with Crippen molar-refractivity contribution in [2.45, 2.75) is 19.3 Å². The molecule has 0 saturated carbocycles. The van der Waals surface area contributed by atoms with Crippen LogP contribution in [0.1, 0.15) is 28.8 Å². The molecule has 0 fully saturated rings. The number of hydrogen-bond acceptors (Lipinski definition) is 4. The van der Waals surface area contributed by atoms with Crippen molar-refractivity contribution in [3.05, 3.63) is 100 Å². The molecule has 2 aromatic carbocycles. The van der Waals surface area contributed by atoms with Crippen LogP contribution in [0.25, 0.3) is 16.7 Å². The summed E-state index contributed by atoms with van der Waals surface area (Å²) in [5, 5.41) is 11.1. The fourth-order valence-electron chi connectivity index (χ4n) is 3.49. The summed E-state index contributed by atoms with van der Waals surface area (Å²) in [5.41, 5.74) is 1.32. The minimum Gasteiger partial charge on any atom is -0.506 e. The fraction of sp³-hybridized carbons (Fsp3) is 0.125. The zero-order valence-electron chi connectivity index (χ0n) is 15.8. The quantitative estimate of drug-likeness (QED) is 0.503. The molecular weight excluding hydrogens is 364 g/mol. The maximum absolute atomic E-state index is 13.2.